The molecule has 0 unspecified atom stereocenters. The van der Waals surface area contributed by atoms with Gasteiger partial charge in [-0.05, 0) is 37.1 Å². The number of hydrogen-bond acceptors (Lipinski definition) is 4. The third kappa shape index (κ3) is 4.69. The van der Waals surface area contributed by atoms with Gasteiger partial charge in [0, 0.05) is 13.1 Å². The highest BCUT2D eigenvalue weighted by Gasteiger charge is 2.23. The smallest absolute Gasteiger partial charge is 0.237 e. The maximum absolute atomic E-state index is 12.8. The first-order chi connectivity index (χ1) is 11.7. The lowest BCUT2D eigenvalue weighted by Crippen LogP contribution is -2.45. The Morgan fingerprint density at radius 3 is 2.75 bits per heavy atom. The van der Waals surface area contributed by atoms with Gasteiger partial charge in [0.25, 0.3) is 0 Å². The molecule has 5 heteroatoms. The standard InChI is InChI=1S/C19H24N2O3/c22-17-8-4-10-20(13-17)15-19(23)21(14-18-9-5-11-24-18)12-16-6-2-1-3-7-16/h1-3,5-7,9,11,17,22H,4,8,10,12-15H2/t17-/m1/s1. The van der Waals surface area contributed by atoms with Crippen LogP contribution in [-0.4, -0.2) is 46.6 Å². The Hall–Kier alpha value is -2.11. The molecule has 128 valence electrons. The highest BCUT2D eigenvalue weighted by Crippen LogP contribution is 2.14. The van der Waals surface area contributed by atoms with Gasteiger partial charge in [0.1, 0.15) is 5.76 Å². The van der Waals surface area contributed by atoms with Crippen LogP contribution in [0, 0.1) is 0 Å². The second-order valence-corrected chi connectivity index (χ2v) is 6.35. The van der Waals surface area contributed by atoms with E-state index >= 15 is 0 Å². The lowest BCUT2D eigenvalue weighted by molar-refractivity contribution is -0.134. The van der Waals surface area contributed by atoms with Gasteiger partial charge in [0.2, 0.25) is 5.91 Å². The highest BCUT2D eigenvalue weighted by molar-refractivity contribution is 5.78. The van der Waals surface area contributed by atoms with Gasteiger partial charge in [0.15, 0.2) is 0 Å². The van der Waals surface area contributed by atoms with Gasteiger partial charge in [-0.25, -0.2) is 0 Å². The molecule has 1 saturated heterocycles. The number of nitrogens with zero attached hydrogens (tertiary/aromatic N) is 2. The molecule has 0 saturated carbocycles. The van der Waals surface area contributed by atoms with Crippen LogP contribution in [0.1, 0.15) is 24.2 Å². The van der Waals surface area contributed by atoms with Gasteiger partial charge >= 0.3 is 0 Å². The van der Waals surface area contributed by atoms with Crippen LogP contribution < -0.4 is 0 Å². The Bertz CT molecular complexity index is 627. The molecule has 0 bridgehead atoms. The summed E-state index contributed by atoms with van der Waals surface area (Å²) in [6, 6.07) is 13.7. The van der Waals surface area contributed by atoms with Crippen LogP contribution in [0.15, 0.2) is 53.1 Å². The number of piperidine rings is 1. The van der Waals surface area contributed by atoms with Gasteiger partial charge in [-0.3, -0.25) is 9.69 Å². The number of rotatable bonds is 6. The summed E-state index contributed by atoms with van der Waals surface area (Å²) in [6.07, 6.45) is 3.07. The van der Waals surface area contributed by atoms with E-state index in [1.807, 2.05) is 52.3 Å². The topological polar surface area (TPSA) is 56.9 Å². The fourth-order valence-corrected chi connectivity index (χ4v) is 3.09. The van der Waals surface area contributed by atoms with Crippen molar-refractivity contribution >= 4 is 5.91 Å². The van der Waals surface area contributed by atoms with Crippen LogP contribution >= 0.6 is 0 Å². The van der Waals surface area contributed by atoms with Gasteiger partial charge in [-0.15, -0.1) is 0 Å². The van der Waals surface area contributed by atoms with Crippen molar-refractivity contribution in [3.05, 3.63) is 60.1 Å². The van der Waals surface area contributed by atoms with E-state index in [0.717, 1.165) is 30.7 Å². The quantitative estimate of drug-likeness (QED) is 0.884. The second-order valence-electron chi connectivity index (χ2n) is 6.35. The first-order valence-corrected chi connectivity index (χ1v) is 8.45. The molecule has 1 aliphatic heterocycles. The number of β-amino-alcohol motifs (C(OH)–C–C–N with tert-alkyl or cyclic N) is 1. The number of likely N-dealkylation sites (tertiary alicyclic amines) is 1. The van der Waals surface area contributed by atoms with Gasteiger partial charge < -0.3 is 14.4 Å². The van der Waals surface area contributed by atoms with Crippen LogP contribution in [0.3, 0.4) is 0 Å². The Morgan fingerprint density at radius 1 is 1.21 bits per heavy atom. The fraction of sp³-hybridized carbons (Fsp3) is 0.421. The van der Waals surface area contributed by atoms with E-state index in [0.29, 0.717) is 26.2 Å². The number of aliphatic hydroxyl groups is 1. The summed E-state index contributed by atoms with van der Waals surface area (Å²) in [7, 11) is 0. The highest BCUT2D eigenvalue weighted by atomic mass is 16.3. The van der Waals surface area contributed by atoms with Crippen molar-refractivity contribution in [3.8, 4) is 0 Å². The number of amides is 1. The van der Waals surface area contributed by atoms with E-state index in [9.17, 15) is 9.90 Å². The number of carbonyl (C=O) groups excluding carboxylic acids is 1. The molecular weight excluding hydrogens is 304 g/mol. The molecule has 1 aliphatic rings. The number of hydrogen-bond donors (Lipinski definition) is 1. The summed E-state index contributed by atoms with van der Waals surface area (Å²) in [6.45, 7) is 2.78. The molecule has 1 atom stereocenters. The zero-order valence-electron chi connectivity index (χ0n) is 13.8. The van der Waals surface area contributed by atoms with Crippen molar-refractivity contribution in [2.24, 2.45) is 0 Å². The molecule has 5 nitrogen and oxygen atoms in total. The number of carbonyl (C=O) groups is 1. The molecule has 2 heterocycles. The van der Waals surface area contributed by atoms with Crippen molar-refractivity contribution in [2.75, 3.05) is 19.6 Å². The number of aliphatic hydroxyl groups excluding tert-OH is 1. The molecule has 1 amide bonds. The molecule has 0 aliphatic carbocycles. The average Bonchev–Trinajstić information content (AvgIpc) is 3.08. The van der Waals surface area contributed by atoms with Crippen molar-refractivity contribution in [2.45, 2.75) is 32.0 Å². The lowest BCUT2D eigenvalue weighted by atomic mass is 10.1. The summed E-state index contributed by atoms with van der Waals surface area (Å²) in [5.74, 6) is 0.835. The van der Waals surface area contributed by atoms with Crippen molar-refractivity contribution in [3.63, 3.8) is 0 Å². The largest absolute Gasteiger partial charge is 0.467 e. The minimum absolute atomic E-state index is 0.0596. The summed E-state index contributed by atoms with van der Waals surface area (Å²) in [5, 5.41) is 9.79. The first-order valence-electron chi connectivity index (χ1n) is 8.45. The van der Waals surface area contributed by atoms with Crippen LogP contribution in [0.4, 0.5) is 0 Å². The molecule has 1 fully saturated rings. The molecule has 2 aromatic rings. The third-order valence-electron chi connectivity index (χ3n) is 4.34. The normalized spacial score (nSPS) is 18.5. The molecule has 0 spiro atoms. The summed E-state index contributed by atoms with van der Waals surface area (Å²) < 4.78 is 5.41. The Kier molecular flexibility index (Phi) is 5.67. The minimum Gasteiger partial charge on any atom is -0.467 e. The first kappa shape index (κ1) is 16.7. The van der Waals surface area contributed by atoms with E-state index in [1.54, 1.807) is 6.26 Å². The Labute approximate surface area is 142 Å². The van der Waals surface area contributed by atoms with Crippen molar-refractivity contribution in [1.29, 1.82) is 0 Å². The van der Waals surface area contributed by atoms with E-state index in [-0.39, 0.29) is 12.0 Å². The number of benzene rings is 1. The SMILES string of the molecule is O=C(CN1CCC[C@@H](O)C1)N(Cc1ccccc1)Cc1ccco1. The Morgan fingerprint density at radius 2 is 2.04 bits per heavy atom. The van der Waals surface area contributed by atoms with E-state index in [2.05, 4.69) is 0 Å². The van der Waals surface area contributed by atoms with Crippen LogP contribution in [0.5, 0.6) is 0 Å². The molecule has 24 heavy (non-hydrogen) atoms. The van der Waals surface area contributed by atoms with Crippen molar-refractivity contribution in [1.82, 2.24) is 9.80 Å². The fourth-order valence-electron chi connectivity index (χ4n) is 3.09. The van der Waals surface area contributed by atoms with Crippen LogP contribution in [-0.2, 0) is 17.9 Å². The van der Waals surface area contributed by atoms with Crippen LogP contribution in [0.25, 0.3) is 0 Å². The average molecular weight is 328 g/mol. The van der Waals surface area contributed by atoms with Gasteiger partial charge in [0.05, 0.1) is 25.5 Å². The van der Waals surface area contributed by atoms with E-state index in [4.69, 9.17) is 4.42 Å². The molecule has 0 radical (unpaired) electrons. The summed E-state index contributed by atoms with van der Waals surface area (Å²) in [5.41, 5.74) is 1.09. The molecule has 1 N–H and O–H groups in total. The predicted octanol–water partition coefficient (Wildman–Crippen LogP) is 2.27. The zero-order chi connectivity index (χ0) is 16.8. The lowest BCUT2D eigenvalue weighted by Gasteiger charge is -2.31. The van der Waals surface area contributed by atoms with Crippen LogP contribution in [0.2, 0.25) is 0 Å². The monoisotopic (exact) mass is 328 g/mol. The molecular formula is C19H24N2O3. The minimum atomic E-state index is -0.320. The summed E-state index contributed by atoms with van der Waals surface area (Å²) >= 11 is 0. The number of furan rings is 1. The second kappa shape index (κ2) is 8.13. The zero-order valence-corrected chi connectivity index (χ0v) is 13.8. The maximum Gasteiger partial charge on any atom is 0.237 e. The molecule has 1 aromatic carbocycles. The van der Waals surface area contributed by atoms with Crippen molar-refractivity contribution < 1.29 is 14.3 Å². The van der Waals surface area contributed by atoms with Gasteiger partial charge in [-0.2, -0.15) is 0 Å². The maximum atomic E-state index is 12.8. The predicted molar refractivity (Wildman–Crippen MR) is 91.1 cm³/mol. The molecule has 3 rings (SSSR count). The molecule has 1 aromatic heterocycles. The van der Waals surface area contributed by atoms with Gasteiger partial charge in [-0.1, -0.05) is 30.3 Å². The van der Waals surface area contributed by atoms with E-state index in [1.165, 1.54) is 0 Å². The third-order valence-corrected chi connectivity index (χ3v) is 4.34. The van der Waals surface area contributed by atoms with E-state index < -0.39 is 0 Å². The summed E-state index contributed by atoms with van der Waals surface area (Å²) in [4.78, 5) is 16.7. The Balaban J connectivity index is 1.67.